The maximum atomic E-state index is 4.58. The molecule has 0 N–H and O–H groups in total. The van der Waals surface area contributed by atoms with Crippen molar-refractivity contribution < 1.29 is 32.7 Å². The normalized spacial score (nSPS) is 31.8. The molecule has 1 aliphatic carbocycles. The van der Waals surface area contributed by atoms with E-state index in [4.69, 9.17) is 0 Å². The van der Waals surface area contributed by atoms with Crippen LogP contribution >= 0.6 is 0 Å². The van der Waals surface area contributed by atoms with Gasteiger partial charge in [0.1, 0.15) is 0 Å². The molecule has 1 nitrogen and oxygen atoms in total. The van der Waals surface area contributed by atoms with Crippen molar-refractivity contribution in [2.45, 2.75) is 26.3 Å². The predicted octanol–water partition coefficient (Wildman–Crippen LogP) is 2.15. The minimum absolute atomic E-state index is 0. The third kappa shape index (κ3) is 1.77. The Kier molecular flexibility index (Phi) is 3.42. The third-order valence-electron chi connectivity index (χ3n) is 2.42. The zero-order valence-corrected chi connectivity index (χ0v) is 10.4. The van der Waals surface area contributed by atoms with E-state index in [1.807, 2.05) is 0 Å². The van der Waals surface area contributed by atoms with Gasteiger partial charge in [-0.05, 0) is 6.42 Å². The Bertz CT molecular complexity index is 263. The first-order valence-corrected chi connectivity index (χ1v) is 4.09. The van der Waals surface area contributed by atoms with Crippen molar-refractivity contribution in [3.8, 4) is 0 Å². The maximum absolute atomic E-state index is 4.58. The van der Waals surface area contributed by atoms with Gasteiger partial charge in [-0.3, -0.25) is 6.08 Å². The van der Waals surface area contributed by atoms with Gasteiger partial charge in [0, 0.05) is 38.8 Å². The van der Waals surface area contributed by atoms with E-state index in [-0.39, 0.29) is 32.7 Å². The number of dihydropyridines is 1. The van der Waals surface area contributed by atoms with Crippen molar-refractivity contribution in [3.05, 3.63) is 23.8 Å². The SMILES string of the molecule is CC1=[C-]C2C=CCC2N=C1C.[Y]. The van der Waals surface area contributed by atoms with Crippen LogP contribution in [0.1, 0.15) is 20.3 Å². The molecule has 0 spiro atoms. The first-order valence-electron chi connectivity index (χ1n) is 4.09. The van der Waals surface area contributed by atoms with Gasteiger partial charge < -0.3 is 4.99 Å². The van der Waals surface area contributed by atoms with Crippen LogP contribution in [0.5, 0.6) is 0 Å². The Morgan fingerprint density at radius 3 is 3.00 bits per heavy atom. The van der Waals surface area contributed by atoms with E-state index in [0.717, 1.165) is 12.1 Å². The van der Waals surface area contributed by atoms with Crippen LogP contribution in [0.25, 0.3) is 0 Å². The van der Waals surface area contributed by atoms with Crippen molar-refractivity contribution in [3.63, 3.8) is 0 Å². The van der Waals surface area contributed by atoms with Crippen molar-refractivity contribution >= 4 is 5.71 Å². The smallest absolute Gasteiger partial charge is 0.0267 e. The van der Waals surface area contributed by atoms with Gasteiger partial charge >= 0.3 is 0 Å². The average molecular weight is 235 g/mol. The quantitative estimate of drug-likeness (QED) is 0.450. The number of rotatable bonds is 0. The first-order chi connectivity index (χ1) is 5.27. The molecular weight excluding hydrogens is 223 g/mol. The molecule has 0 saturated heterocycles. The zero-order chi connectivity index (χ0) is 7.84. The van der Waals surface area contributed by atoms with Crippen LogP contribution in [0.3, 0.4) is 0 Å². The molecule has 0 fully saturated rings. The van der Waals surface area contributed by atoms with Crippen molar-refractivity contribution in [1.82, 2.24) is 0 Å². The molecule has 2 unspecified atom stereocenters. The Morgan fingerprint density at radius 2 is 2.25 bits per heavy atom. The number of allylic oxidation sites excluding steroid dienone is 1. The second kappa shape index (κ2) is 3.97. The van der Waals surface area contributed by atoms with Crippen LogP contribution in [-0.2, 0) is 32.7 Å². The first kappa shape index (κ1) is 10.3. The van der Waals surface area contributed by atoms with E-state index in [1.54, 1.807) is 0 Å². The molecule has 0 amide bonds. The summed E-state index contributed by atoms with van der Waals surface area (Å²) in [4.78, 5) is 4.58. The van der Waals surface area contributed by atoms with Crippen molar-refractivity contribution in [2.75, 3.05) is 0 Å². The molecule has 2 aliphatic rings. The molecule has 2 rings (SSSR count). The van der Waals surface area contributed by atoms with Gasteiger partial charge in [0.2, 0.25) is 0 Å². The second-order valence-electron chi connectivity index (χ2n) is 3.24. The van der Waals surface area contributed by atoms with Gasteiger partial charge in [-0.25, -0.2) is 5.57 Å². The van der Waals surface area contributed by atoms with Crippen LogP contribution in [0.15, 0.2) is 22.7 Å². The van der Waals surface area contributed by atoms with Crippen LogP contribution < -0.4 is 0 Å². The molecule has 12 heavy (non-hydrogen) atoms. The summed E-state index contributed by atoms with van der Waals surface area (Å²) in [6.45, 7) is 4.15. The molecule has 2 heteroatoms. The molecule has 1 heterocycles. The van der Waals surface area contributed by atoms with Crippen LogP contribution in [0, 0.1) is 12.0 Å². The van der Waals surface area contributed by atoms with Gasteiger partial charge in [0.25, 0.3) is 0 Å². The third-order valence-corrected chi connectivity index (χ3v) is 2.42. The van der Waals surface area contributed by atoms with Gasteiger partial charge in [-0.15, -0.1) is 5.71 Å². The summed E-state index contributed by atoms with van der Waals surface area (Å²) in [5, 5.41) is 0. The summed E-state index contributed by atoms with van der Waals surface area (Å²) in [6, 6.07) is 0.471. The van der Waals surface area contributed by atoms with Crippen LogP contribution in [0.4, 0.5) is 0 Å². The number of hydrogen-bond acceptors (Lipinski definition) is 1. The molecule has 0 aromatic rings. The molecule has 0 aromatic heterocycles. The zero-order valence-electron chi connectivity index (χ0n) is 7.54. The monoisotopic (exact) mass is 235 g/mol. The molecule has 1 aliphatic heterocycles. The molecule has 2 atom stereocenters. The summed E-state index contributed by atoms with van der Waals surface area (Å²) in [7, 11) is 0. The number of hydrogen-bond donors (Lipinski definition) is 0. The molecule has 1 radical (unpaired) electrons. The van der Waals surface area contributed by atoms with Crippen molar-refractivity contribution in [1.29, 1.82) is 0 Å². The fourth-order valence-electron chi connectivity index (χ4n) is 1.62. The largest absolute Gasteiger partial charge is 0.380 e. The van der Waals surface area contributed by atoms with E-state index >= 15 is 0 Å². The Morgan fingerprint density at radius 1 is 1.50 bits per heavy atom. The predicted molar refractivity (Wildman–Crippen MR) is 46.6 cm³/mol. The standard InChI is InChI=1S/C10H12N.Y/c1-7-6-9-4-3-5-10(9)11-8(7)2;/h3-4,9-10H,5H2,1-2H3;/q-1;. The van der Waals surface area contributed by atoms with E-state index in [2.05, 4.69) is 37.1 Å². The topological polar surface area (TPSA) is 12.4 Å². The van der Waals surface area contributed by atoms with E-state index in [9.17, 15) is 0 Å². The molecule has 0 bridgehead atoms. The molecular formula is C10H12NY-. The van der Waals surface area contributed by atoms with Gasteiger partial charge in [-0.1, -0.05) is 31.9 Å². The maximum Gasteiger partial charge on any atom is 0.0267 e. The average Bonchev–Trinajstić information content (AvgIpc) is 2.36. The van der Waals surface area contributed by atoms with Gasteiger partial charge in [-0.2, -0.15) is 0 Å². The van der Waals surface area contributed by atoms with Crippen molar-refractivity contribution in [2.24, 2.45) is 10.9 Å². The summed E-state index contributed by atoms with van der Waals surface area (Å²) >= 11 is 0. The summed E-state index contributed by atoms with van der Waals surface area (Å²) in [5.41, 5.74) is 2.38. The molecule has 61 valence electrons. The fourth-order valence-corrected chi connectivity index (χ4v) is 1.62. The minimum Gasteiger partial charge on any atom is -0.380 e. The Balaban J connectivity index is 0.000000720. The summed E-state index contributed by atoms with van der Waals surface area (Å²) < 4.78 is 0. The number of fused-ring (bicyclic) bond motifs is 1. The molecule has 0 aromatic carbocycles. The molecule has 0 saturated carbocycles. The minimum atomic E-state index is 0. The number of nitrogens with zero attached hydrogens (tertiary/aromatic N) is 1. The second-order valence-corrected chi connectivity index (χ2v) is 3.24. The van der Waals surface area contributed by atoms with Gasteiger partial charge in [0.15, 0.2) is 0 Å². The van der Waals surface area contributed by atoms with E-state index < -0.39 is 0 Å². The van der Waals surface area contributed by atoms with Crippen LogP contribution in [-0.4, -0.2) is 11.8 Å². The van der Waals surface area contributed by atoms with E-state index in [0.29, 0.717) is 12.0 Å². The summed E-state index contributed by atoms with van der Waals surface area (Å²) in [5.74, 6) is 0.471. The Hall–Kier alpha value is 0.254. The number of aliphatic imine (C=N–C) groups is 1. The van der Waals surface area contributed by atoms with E-state index in [1.165, 1.54) is 5.57 Å². The fraction of sp³-hybridized carbons (Fsp3) is 0.500. The summed E-state index contributed by atoms with van der Waals surface area (Å²) in [6.07, 6.45) is 8.95. The Labute approximate surface area is 98.9 Å². The van der Waals surface area contributed by atoms with Crippen LogP contribution in [0.2, 0.25) is 0 Å². The van der Waals surface area contributed by atoms with Gasteiger partial charge in [0.05, 0.1) is 0 Å².